The van der Waals surface area contributed by atoms with Gasteiger partial charge >= 0.3 is 0 Å². The van der Waals surface area contributed by atoms with Gasteiger partial charge in [-0.3, -0.25) is 0 Å². The van der Waals surface area contributed by atoms with E-state index in [1.807, 2.05) is 0 Å². The monoisotopic (exact) mass is 279 g/mol. The second-order valence-corrected chi connectivity index (χ2v) is 5.84. The largest absolute Gasteiger partial charge is 0.483 e. The predicted molar refractivity (Wildman–Crippen MR) is 75.6 cm³/mol. The van der Waals surface area contributed by atoms with Gasteiger partial charge in [0.25, 0.3) is 0 Å². The molecular formula is C11H20ClN2O2S+. The molecular weight excluding hydrogens is 260 g/mol. The number of alkyl halides is 1. The Kier molecular flexibility index (Phi) is 6.12. The van der Waals surface area contributed by atoms with Gasteiger partial charge in [-0.15, -0.1) is 0 Å². The number of hydrogen-bond donors (Lipinski definition) is 0. The van der Waals surface area contributed by atoms with Crippen molar-refractivity contribution in [2.75, 3.05) is 25.2 Å². The Morgan fingerprint density at radius 2 is 1.88 bits per heavy atom. The van der Waals surface area contributed by atoms with Crippen LogP contribution < -0.4 is 0 Å². The Bertz CT molecular complexity index is 308. The molecule has 0 aromatic rings. The van der Waals surface area contributed by atoms with E-state index in [1.54, 1.807) is 14.2 Å². The maximum atomic E-state index is 5.69. The lowest BCUT2D eigenvalue weighted by Crippen LogP contribution is -2.39. The fourth-order valence-corrected chi connectivity index (χ4v) is 2.52. The minimum Gasteiger partial charge on any atom is -0.483 e. The summed E-state index contributed by atoms with van der Waals surface area (Å²) in [5, 5.41) is 0.596. The highest BCUT2D eigenvalue weighted by atomic mass is 35.5. The van der Waals surface area contributed by atoms with Crippen LogP contribution in [0, 0.1) is 5.92 Å². The average molecular weight is 280 g/mol. The van der Waals surface area contributed by atoms with Crippen molar-refractivity contribution in [1.82, 2.24) is 0 Å². The van der Waals surface area contributed by atoms with Gasteiger partial charge in [0, 0.05) is 0 Å². The first-order valence-electron chi connectivity index (χ1n) is 5.56. The van der Waals surface area contributed by atoms with E-state index in [0.29, 0.717) is 22.9 Å². The van der Waals surface area contributed by atoms with E-state index in [2.05, 4.69) is 23.8 Å². The molecule has 0 radical (unpaired) electrons. The van der Waals surface area contributed by atoms with Gasteiger partial charge in [-0.2, -0.15) is 0 Å². The van der Waals surface area contributed by atoms with Gasteiger partial charge < -0.3 is 9.47 Å². The summed E-state index contributed by atoms with van der Waals surface area (Å²) in [6, 6.07) is -0.107. The smallest absolute Gasteiger partial charge is 0.214 e. The first kappa shape index (κ1) is 14.6. The number of thiol groups is 1. The molecule has 98 valence electrons. The van der Waals surface area contributed by atoms with Crippen molar-refractivity contribution in [3.05, 3.63) is 0 Å². The molecule has 0 aromatic heterocycles. The van der Waals surface area contributed by atoms with E-state index in [4.69, 9.17) is 21.1 Å². The van der Waals surface area contributed by atoms with Gasteiger partial charge in [0.1, 0.15) is 11.8 Å². The van der Waals surface area contributed by atoms with Gasteiger partial charge in [0.2, 0.25) is 11.8 Å². The Balaban J connectivity index is 2.86. The molecule has 17 heavy (non-hydrogen) atoms. The normalized spacial score (nSPS) is 24.4. The SMILES string of the molecule is COC1=N[C@H](C(C)C)C(OC)=N[C@@H]1C[SH+]CCl. The molecule has 0 saturated heterocycles. The van der Waals surface area contributed by atoms with E-state index < -0.39 is 0 Å². The third-order valence-electron chi connectivity index (χ3n) is 2.52. The third-order valence-corrected chi connectivity index (χ3v) is 3.80. The Morgan fingerprint density at radius 1 is 1.24 bits per heavy atom. The van der Waals surface area contributed by atoms with Crippen LogP contribution in [0.4, 0.5) is 0 Å². The van der Waals surface area contributed by atoms with E-state index in [0.717, 1.165) is 17.5 Å². The number of rotatable bonds is 4. The fraction of sp³-hybridized carbons (Fsp3) is 0.818. The predicted octanol–water partition coefficient (Wildman–Crippen LogP) is 1.49. The van der Waals surface area contributed by atoms with E-state index in [1.165, 1.54) is 0 Å². The summed E-state index contributed by atoms with van der Waals surface area (Å²) in [4.78, 5) is 9.14. The van der Waals surface area contributed by atoms with Crippen LogP contribution in [0.3, 0.4) is 0 Å². The van der Waals surface area contributed by atoms with Crippen molar-refractivity contribution in [3.8, 4) is 0 Å². The first-order chi connectivity index (χ1) is 8.13. The van der Waals surface area contributed by atoms with Crippen LogP contribution >= 0.6 is 11.6 Å². The maximum absolute atomic E-state index is 5.69. The van der Waals surface area contributed by atoms with Crippen molar-refractivity contribution in [2.45, 2.75) is 25.9 Å². The molecule has 4 nitrogen and oxygen atoms in total. The number of halogens is 1. The lowest BCUT2D eigenvalue weighted by molar-refractivity contribution is 0.336. The lowest BCUT2D eigenvalue weighted by Gasteiger charge is -2.25. The molecule has 0 amide bonds. The molecule has 1 aliphatic heterocycles. The number of methoxy groups -OCH3 is 2. The number of hydrogen-bond acceptors (Lipinski definition) is 4. The van der Waals surface area contributed by atoms with Crippen LogP contribution in [0.1, 0.15) is 13.8 Å². The minimum absolute atomic E-state index is 0.0427. The van der Waals surface area contributed by atoms with Gasteiger partial charge in [-0.1, -0.05) is 25.4 Å². The summed E-state index contributed by atoms with van der Waals surface area (Å²) in [5.41, 5.74) is 0. The van der Waals surface area contributed by atoms with Gasteiger partial charge in [-0.05, 0) is 17.7 Å². The quantitative estimate of drug-likeness (QED) is 0.445. The molecule has 0 bridgehead atoms. The van der Waals surface area contributed by atoms with Crippen molar-refractivity contribution in [1.29, 1.82) is 0 Å². The second-order valence-electron chi connectivity index (χ2n) is 4.07. The summed E-state index contributed by atoms with van der Waals surface area (Å²) < 4.78 is 10.6. The number of nitrogens with zero attached hydrogens (tertiary/aromatic N) is 2. The summed E-state index contributed by atoms with van der Waals surface area (Å²) in [7, 11) is 3.27. The molecule has 0 unspecified atom stereocenters. The zero-order valence-corrected chi connectivity index (χ0v) is 12.3. The minimum atomic E-state index is -0.0645. The molecule has 0 aliphatic carbocycles. The molecule has 0 fully saturated rings. The first-order valence-corrected chi connectivity index (χ1v) is 7.36. The van der Waals surface area contributed by atoms with Crippen LogP contribution in [-0.2, 0) is 21.2 Å². The summed E-state index contributed by atoms with van der Waals surface area (Å²) >= 11 is 6.81. The molecule has 1 heterocycles. The highest BCUT2D eigenvalue weighted by Gasteiger charge is 2.32. The van der Waals surface area contributed by atoms with Crippen LogP contribution in [0.15, 0.2) is 9.98 Å². The molecule has 2 atom stereocenters. The Morgan fingerprint density at radius 3 is 2.35 bits per heavy atom. The number of aliphatic imine (C=N–C) groups is 2. The van der Waals surface area contributed by atoms with Crippen LogP contribution in [0.2, 0.25) is 0 Å². The van der Waals surface area contributed by atoms with Crippen LogP contribution in [0.5, 0.6) is 0 Å². The molecule has 6 heteroatoms. The third kappa shape index (κ3) is 3.78. The maximum Gasteiger partial charge on any atom is 0.214 e. The van der Waals surface area contributed by atoms with Crippen molar-refractivity contribution in [2.24, 2.45) is 15.9 Å². The van der Waals surface area contributed by atoms with Crippen molar-refractivity contribution >= 4 is 35.2 Å². The molecule has 1 aliphatic rings. The van der Waals surface area contributed by atoms with E-state index in [9.17, 15) is 0 Å². The average Bonchev–Trinajstić information content (AvgIpc) is 2.34. The summed E-state index contributed by atoms with van der Waals surface area (Å²) in [6.45, 7) is 4.18. The highest BCUT2D eigenvalue weighted by Crippen LogP contribution is 2.17. The molecule has 1 rings (SSSR count). The zero-order chi connectivity index (χ0) is 12.8. The van der Waals surface area contributed by atoms with Crippen LogP contribution in [0.25, 0.3) is 0 Å². The van der Waals surface area contributed by atoms with E-state index in [-0.39, 0.29) is 12.1 Å². The molecule has 0 N–H and O–H groups in total. The van der Waals surface area contributed by atoms with Gasteiger partial charge in [-0.25, -0.2) is 9.98 Å². The fourth-order valence-electron chi connectivity index (χ4n) is 1.65. The van der Waals surface area contributed by atoms with Crippen LogP contribution in [-0.4, -0.2) is 49.1 Å². The highest BCUT2D eigenvalue weighted by molar-refractivity contribution is 7.79. The molecule has 0 spiro atoms. The van der Waals surface area contributed by atoms with Crippen molar-refractivity contribution in [3.63, 3.8) is 0 Å². The summed E-state index contributed by atoms with van der Waals surface area (Å²) in [6.07, 6.45) is 0. The topological polar surface area (TPSA) is 43.2 Å². The van der Waals surface area contributed by atoms with E-state index >= 15 is 0 Å². The van der Waals surface area contributed by atoms with Gasteiger partial charge in [0.15, 0.2) is 11.3 Å². The molecule has 0 aromatic carbocycles. The second kappa shape index (κ2) is 7.11. The summed E-state index contributed by atoms with van der Waals surface area (Å²) in [5.74, 6) is 2.52. The van der Waals surface area contributed by atoms with Gasteiger partial charge in [0.05, 0.1) is 14.2 Å². The Hall–Kier alpha value is -0.420. The lowest BCUT2D eigenvalue weighted by atomic mass is 10.0. The standard InChI is InChI=1S/C11H19ClN2O2S/c1-7(2)9-11(16-4)13-8(5-17-6-12)10(14-9)15-3/h7-9H,5-6H2,1-4H3/p+1/t8-,9-/m1/s1. The zero-order valence-electron chi connectivity index (χ0n) is 10.7. The van der Waals surface area contributed by atoms with Crippen molar-refractivity contribution < 1.29 is 9.47 Å². The number of ether oxygens (including phenoxy) is 2. The molecule has 0 saturated carbocycles. The Labute approximate surface area is 112 Å².